The lowest BCUT2D eigenvalue weighted by Crippen LogP contribution is -2.58. The van der Waals surface area contributed by atoms with Crippen molar-refractivity contribution in [3.63, 3.8) is 0 Å². The van der Waals surface area contributed by atoms with Gasteiger partial charge in [-0.2, -0.15) is 4.98 Å². The number of ether oxygens (including phenoxy) is 2. The average molecular weight is 826 g/mol. The van der Waals surface area contributed by atoms with Crippen LogP contribution in [0.1, 0.15) is 147 Å². The highest BCUT2D eigenvalue weighted by Crippen LogP contribution is 2.50. The summed E-state index contributed by atoms with van der Waals surface area (Å²) in [6.45, 7) is 5.19. The maximum atomic E-state index is 15.3. The second-order valence-electron chi connectivity index (χ2n) is 15.4. The van der Waals surface area contributed by atoms with E-state index in [-0.39, 0.29) is 24.2 Å². The van der Waals surface area contributed by atoms with Crippen LogP contribution in [-0.4, -0.2) is 65.6 Å². The van der Waals surface area contributed by atoms with E-state index in [2.05, 4.69) is 32.2 Å². The minimum absolute atomic E-state index is 0.144. The zero-order chi connectivity index (χ0) is 41.6. The van der Waals surface area contributed by atoms with Gasteiger partial charge in [-0.25, -0.2) is 14.0 Å². The van der Waals surface area contributed by atoms with Gasteiger partial charge in [-0.15, -0.1) is 0 Å². The van der Waals surface area contributed by atoms with Crippen molar-refractivity contribution < 1.29 is 37.8 Å². The van der Waals surface area contributed by atoms with Gasteiger partial charge < -0.3 is 34.2 Å². The number of hydrogen-bond acceptors (Lipinski definition) is 12. The molecule has 2 aliphatic heterocycles. The fraction of sp³-hybridized carbons (Fsp3) is 0.784. The predicted molar refractivity (Wildman–Crippen MR) is 208 cm³/mol. The van der Waals surface area contributed by atoms with Crippen LogP contribution in [0.15, 0.2) is 31.9 Å². The summed E-state index contributed by atoms with van der Waals surface area (Å²) >= 11 is 0. The zero-order valence-corrected chi connectivity index (χ0v) is 34.1. The fourth-order valence-electron chi connectivity index (χ4n) is 7.83. The van der Waals surface area contributed by atoms with Crippen molar-refractivity contribution in [3.8, 4) is 0 Å². The number of azide groups is 1. The first-order chi connectivity index (χ1) is 27.2. The monoisotopic (exact) mass is 825 g/mol. The largest absolute Gasteiger partial charge is 0.756 e. The Balaban J connectivity index is 1.31. The number of aliphatic hydroxyl groups excluding tert-OH is 1. The van der Waals surface area contributed by atoms with E-state index in [9.17, 15) is 39.4 Å². The lowest BCUT2D eigenvalue weighted by molar-refractivity contribution is -0.256. The van der Waals surface area contributed by atoms with Gasteiger partial charge in [0.15, 0.2) is 11.6 Å². The smallest absolute Gasteiger partial charge is 0.351 e. The molecule has 18 nitrogen and oxygen atoms in total. The maximum absolute atomic E-state index is 15.3. The fourth-order valence-corrected chi connectivity index (χ4v) is 8.53. The molecule has 0 radical (unpaired) electrons. The normalized spacial score (nSPS) is 24.2. The van der Waals surface area contributed by atoms with Gasteiger partial charge in [0.1, 0.15) is 30.3 Å². The number of unbranched alkanes of at least 4 members (excludes halogenated alkanes) is 15. The molecule has 57 heavy (non-hydrogen) atoms. The number of nitrogens with one attached hydrogen (secondary N) is 2. The molecule has 2 aromatic rings. The molecule has 0 bridgehead atoms. The summed E-state index contributed by atoms with van der Waals surface area (Å²) in [6.07, 6.45) is 13.6. The minimum Gasteiger partial charge on any atom is -0.756 e. The maximum Gasteiger partial charge on any atom is 0.351 e. The summed E-state index contributed by atoms with van der Waals surface area (Å²) < 4.78 is 46.3. The van der Waals surface area contributed by atoms with Gasteiger partial charge >= 0.3 is 11.4 Å². The third-order valence-electron chi connectivity index (χ3n) is 10.8. The van der Waals surface area contributed by atoms with Crippen molar-refractivity contribution in [1.29, 1.82) is 0 Å². The third kappa shape index (κ3) is 13.3. The lowest BCUT2D eigenvalue weighted by Gasteiger charge is -2.43. The SMILES string of the molecule is CCCCCCCCCCCCCCCCCCNc1nc(=O)n(C2CC(O)C(C(C)(OP(=O)([O-])O)C3OC(n4cc(C)c(=O)[nH]c4=O)CC3N=[N+]=[N-])O2)cc1F. The van der Waals surface area contributed by atoms with Crippen LogP contribution in [0.4, 0.5) is 10.2 Å². The Labute approximate surface area is 331 Å². The molecule has 8 atom stereocenters. The highest BCUT2D eigenvalue weighted by molar-refractivity contribution is 7.44. The first-order valence-corrected chi connectivity index (χ1v) is 21.8. The molecule has 4 N–H and O–H groups in total. The molecule has 2 saturated heterocycles. The number of anilines is 1. The molecule has 320 valence electrons. The molecule has 0 aliphatic carbocycles. The molecule has 2 aromatic heterocycles. The summed E-state index contributed by atoms with van der Waals surface area (Å²) in [5.74, 6) is -1.11. The lowest BCUT2D eigenvalue weighted by atomic mass is 9.85. The first kappa shape index (κ1) is 46.3. The van der Waals surface area contributed by atoms with E-state index in [0.29, 0.717) is 6.54 Å². The summed E-state index contributed by atoms with van der Waals surface area (Å²) in [4.78, 5) is 68.5. The number of phosphoric acid groups is 1. The van der Waals surface area contributed by atoms with Crippen molar-refractivity contribution in [1.82, 2.24) is 19.1 Å². The summed E-state index contributed by atoms with van der Waals surface area (Å²) in [5, 5.41) is 17.7. The van der Waals surface area contributed by atoms with Gasteiger partial charge in [0.2, 0.25) is 0 Å². The van der Waals surface area contributed by atoms with Crippen LogP contribution < -0.4 is 27.1 Å². The number of aliphatic hydroxyl groups is 1. The number of nitrogens with zero attached hydrogens (tertiary/aromatic N) is 6. The summed E-state index contributed by atoms with van der Waals surface area (Å²) in [7, 11) is -5.65. The van der Waals surface area contributed by atoms with Gasteiger partial charge in [-0.3, -0.25) is 23.5 Å². The van der Waals surface area contributed by atoms with E-state index in [1.165, 1.54) is 90.2 Å². The second-order valence-corrected chi connectivity index (χ2v) is 16.5. The molecule has 0 spiro atoms. The number of aryl methyl sites for hydroxylation is 1. The van der Waals surface area contributed by atoms with Crippen molar-refractivity contribution in [3.05, 3.63) is 65.5 Å². The number of rotatable bonds is 25. The standard InChI is InChI=1S/C37H60FN8O10P/c1-4-5-6-7-8-9-10-11-12-13-14-15-16-17-18-19-20-40-33-26(38)24-46(35(49)41-33)30-22-28(47)32(55-30)37(3,56-57(51,52)53)31-27(43-44-39)21-29(54-31)45-23-25(2)34(48)42-36(45)50/h23-24,27-32,47H,4-22H2,1-3H3,(H,40,41,49)(H,42,48,50)(H2,51,52,53)/p-1. The molecule has 8 unspecified atom stereocenters. The Kier molecular flexibility index (Phi) is 17.9. The number of aromatic amines is 1. The Bertz CT molecular complexity index is 1870. The van der Waals surface area contributed by atoms with Crippen LogP contribution in [0, 0.1) is 12.7 Å². The zero-order valence-electron chi connectivity index (χ0n) is 33.2. The van der Waals surface area contributed by atoms with Crippen molar-refractivity contribution in [2.75, 3.05) is 11.9 Å². The number of H-pyrrole nitrogens is 1. The second kappa shape index (κ2) is 22.1. The number of phosphoric ester groups is 1. The number of halogens is 1. The van der Waals surface area contributed by atoms with Crippen LogP contribution in [0.2, 0.25) is 0 Å². The van der Waals surface area contributed by atoms with E-state index in [0.717, 1.165) is 47.9 Å². The van der Waals surface area contributed by atoms with Crippen LogP contribution >= 0.6 is 7.82 Å². The van der Waals surface area contributed by atoms with Crippen molar-refractivity contribution in [2.45, 2.75) is 179 Å². The Morgan fingerprint density at radius 1 is 0.982 bits per heavy atom. The van der Waals surface area contributed by atoms with E-state index in [1.807, 2.05) is 0 Å². The highest BCUT2D eigenvalue weighted by Gasteiger charge is 2.58. The number of aromatic nitrogens is 4. The quantitative estimate of drug-likeness (QED) is 0.0306. The number of hydrogen-bond donors (Lipinski definition) is 4. The van der Waals surface area contributed by atoms with E-state index >= 15 is 4.39 Å². The highest BCUT2D eigenvalue weighted by atomic mass is 31.2. The Morgan fingerprint density at radius 3 is 2.09 bits per heavy atom. The molecular formula is C37H59FN8O10P-. The molecular weight excluding hydrogens is 766 g/mol. The first-order valence-electron chi connectivity index (χ1n) is 20.3. The van der Waals surface area contributed by atoms with Gasteiger partial charge in [0.05, 0.1) is 18.3 Å². The third-order valence-corrected chi connectivity index (χ3v) is 11.5. The summed E-state index contributed by atoms with van der Waals surface area (Å²) in [5.41, 5.74) is 4.67. The van der Waals surface area contributed by atoms with Crippen molar-refractivity contribution >= 4 is 13.6 Å². The van der Waals surface area contributed by atoms with E-state index in [4.69, 9.17) is 14.0 Å². The predicted octanol–water partition coefficient (Wildman–Crippen LogP) is 5.77. The molecule has 20 heteroatoms. The Hall–Kier alpha value is -3.41. The molecule has 0 aromatic carbocycles. The van der Waals surface area contributed by atoms with Crippen molar-refractivity contribution in [2.24, 2.45) is 5.11 Å². The molecule has 4 rings (SSSR count). The van der Waals surface area contributed by atoms with Gasteiger partial charge in [-0.05, 0) is 25.8 Å². The van der Waals surface area contributed by atoms with Gasteiger partial charge in [0, 0.05) is 36.1 Å². The topological polar surface area (TPSA) is 259 Å². The van der Waals surface area contributed by atoms with Crippen LogP contribution in [0.25, 0.3) is 10.4 Å². The van der Waals surface area contributed by atoms with Gasteiger partial charge in [-0.1, -0.05) is 108 Å². The van der Waals surface area contributed by atoms with Crippen LogP contribution in [0.3, 0.4) is 0 Å². The average Bonchev–Trinajstić information content (AvgIpc) is 3.76. The van der Waals surface area contributed by atoms with E-state index < -0.39 is 73.0 Å². The summed E-state index contributed by atoms with van der Waals surface area (Å²) in [6, 6.07) is -1.26. The molecule has 4 heterocycles. The molecule has 0 amide bonds. The molecule has 2 fully saturated rings. The van der Waals surface area contributed by atoms with Gasteiger partial charge in [0.25, 0.3) is 13.4 Å². The van der Waals surface area contributed by atoms with Crippen LogP contribution in [-0.2, 0) is 18.6 Å². The molecule has 2 aliphatic rings. The Morgan fingerprint density at radius 2 is 1.53 bits per heavy atom. The van der Waals surface area contributed by atoms with E-state index in [1.54, 1.807) is 0 Å². The minimum atomic E-state index is -5.65. The van der Waals surface area contributed by atoms with Crippen LogP contribution in [0.5, 0.6) is 0 Å². The molecule has 0 saturated carbocycles.